The van der Waals surface area contributed by atoms with E-state index in [1.165, 1.54) is 0 Å². The van der Waals surface area contributed by atoms with Crippen molar-refractivity contribution in [3.8, 4) is 0 Å². The predicted molar refractivity (Wildman–Crippen MR) is 179 cm³/mol. The van der Waals surface area contributed by atoms with E-state index in [1.807, 2.05) is 18.2 Å². The molecule has 0 aromatic heterocycles. The topological polar surface area (TPSA) is 196 Å². The quantitative estimate of drug-likeness (QED) is 0.0653. The first kappa shape index (κ1) is 37.4. The number of benzene rings is 2. The number of hydrogen-bond donors (Lipinski definition) is 7. The van der Waals surface area contributed by atoms with Crippen molar-refractivity contribution in [1.29, 1.82) is 10.8 Å². The van der Waals surface area contributed by atoms with E-state index in [4.69, 9.17) is 38.6 Å². The summed E-state index contributed by atoms with van der Waals surface area (Å²) in [5, 5.41) is 24.1. The lowest BCUT2D eigenvalue weighted by Crippen LogP contribution is -2.56. The standard InChI is InChI=1S/C32H44ClN7O4.ClH/c1-2-44-31(43)26(12-7-17-38-32(36)37)39-30(42)27(21-8-4-3-5-9-21)40-29(41)25(23-10-6-11-24(33)19-23)18-20-13-15-22(16-14-20)28(34)35;/h6,10-11,13-16,19,21,25-27H,2-5,7-9,12,17-18H2,1H3,(H3,34,35)(H,39,42)(H,40,41)(H4,36,37,38);1H/t25-,26?,27-;/m0./s1. The van der Waals surface area contributed by atoms with E-state index in [0.29, 0.717) is 35.5 Å². The van der Waals surface area contributed by atoms with E-state index in [-0.39, 0.29) is 49.1 Å². The van der Waals surface area contributed by atoms with Crippen molar-refractivity contribution in [1.82, 2.24) is 16.0 Å². The number of carbonyl (C=O) groups is 3. The molecule has 1 unspecified atom stereocenters. The fraction of sp³-hybridized carbons (Fsp3) is 0.469. The summed E-state index contributed by atoms with van der Waals surface area (Å²) in [7, 11) is 0. The molecule has 3 rings (SSSR count). The average molecular weight is 663 g/mol. The van der Waals surface area contributed by atoms with Gasteiger partial charge in [-0.1, -0.05) is 67.3 Å². The highest BCUT2D eigenvalue weighted by Gasteiger charge is 2.35. The van der Waals surface area contributed by atoms with Crippen LogP contribution in [0.25, 0.3) is 0 Å². The molecule has 2 aromatic rings. The fourth-order valence-electron chi connectivity index (χ4n) is 5.54. The Morgan fingerprint density at radius 2 is 1.69 bits per heavy atom. The SMILES string of the molecule is CCOC(=O)C(CCCNC(=N)N)NC(=O)[C@@H](NC(=O)[C@@H](Cc1ccc(C(=N)N)cc1)c1cccc(Cl)c1)C1CCCCC1.Cl. The average Bonchev–Trinajstić information content (AvgIpc) is 3.00. The summed E-state index contributed by atoms with van der Waals surface area (Å²) in [4.78, 5) is 40.7. The summed E-state index contributed by atoms with van der Waals surface area (Å²) in [5.74, 6) is -2.28. The Bertz CT molecular complexity index is 1300. The minimum Gasteiger partial charge on any atom is -0.464 e. The number of rotatable bonds is 15. The van der Waals surface area contributed by atoms with E-state index < -0.39 is 29.9 Å². The minimum absolute atomic E-state index is 0. The Labute approximate surface area is 276 Å². The number of esters is 1. The molecule has 1 aliphatic rings. The highest BCUT2D eigenvalue weighted by Crippen LogP contribution is 2.29. The van der Waals surface area contributed by atoms with Crippen molar-refractivity contribution in [2.24, 2.45) is 17.4 Å². The smallest absolute Gasteiger partial charge is 0.328 e. The summed E-state index contributed by atoms with van der Waals surface area (Å²) in [6, 6.07) is 12.5. The number of nitrogens with two attached hydrogens (primary N) is 2. The molecular formula is C32H45Cl2N7O4. The van der Waals surface area contributed by atoms with Crippen LogP contribution in [0.4, 0.5) is 0 Å². The van der Waals surface area contributed by atoms with E-state index in [1.54, 1.807) is 37.3 Å². The molecule has 0 spiro atoms. The normalized spacial score (nSPS) is 15.0. The molecule has 1 saturated carbocycles. The van der Waals surface area contributed by atoms with Gasteiger partial charge in [-0.2, -0.15) is 0 Å². The Balaban J connectivity index is 0.00000705. The van der Waals surface area contributed by atoms with Gasteiger partial charge < -0.3 is 32.2 Å². The maximum Gasteiger partial charge on any atom is 0.328 e. The van der Waals surface area contributed by atoms with Crippen LogP contribution in [-0.2, 0) is 25.5 Å². The molecule has 0 bridgehead atoms. The highest BCUT2D eigenvalue weighted by atomic mass is 35.5. The predicted octanol–water partition coefficient (Wildman–Crippen LogP) is 3.75. The number of nitrogens with one attached hydrogen (secondary N) is 5. The van der Waals surface area contributed by atoms with Crippen LogP contribution in [0.15, 0.2) is 48.5 Å². The van der Waals surface area contributed by atoms with Crippen LogP contribution in [0, 0.1) is 16.7 Å². The second-order valence-electron chi connectivity index (χ2n) is 11.1. The van der Waals surface area contributed by atoms with Crippen molar-refractivity contribution in [2.75, 3.05) is 13.2 Å². The van der Waals surface area contributed by atoms with Crippen molar-refractivity contribution in [3.05, 3.63) is 70.2 Å². The molecule has 0 heterocycles. The minimum atomic E-state index is -0.914. The van der Waals surface area contributed by atoms with E-state index in [2.05, 4.69) is 16.0 Å². The zero-order chi connectivity index (χ0) is 32.1. The largest absolute Gasteiger partial charge is 0.464 e. The number of amidine groups is 1. The third-order valence-corrected chi connectivity index (χ3v) is 8.08. The Kier molecular flexibility index (Phi) is 15.7. The van der Waals surface area contributed by atoms with E-state index in [0.717, 1.165) is 37.7 Å². The summed E-state index contributed by atoms with van der Waals surface area (Å²) in [6.45, 7) is 2.22. The molecule has 0 saturated heterocycles. The van der Waals surface area contributed by atoms with Gasteiger partial charge in [0.15, 0.2) is 5.96 Å². The van der Waals surface area contributed by atoms with Gasteiger partial charge >= 0.3 is 5.97 Å². The number of nitrogen functional groups attached to an aromatic ring is 1. The molecule has 11 nitrogen and oxygen atoms in total. The number of guanidine groups is 1. The molecule has 2 aromatic carbocycles. The molecule has 1 fully saturated rings. The second-order valence-corrected chi connectivity index (χ2v) is 11.5. The van der Waals surface area contributed by atoms with Crippen LogP contribution < -0.4 is 27.4 Å². The van der Waals surface area contributed by atoms with Gasteiger partial charge in [-0.05, 0) is 68.2 Å². The first-order valence-electron chi connectivity index (χ1n) is 15.1. The maximum atomic E-state index is 14.1. The number of halogens is 2. The monoisotopic (exact) mass is 661 g/mol. The van der Waals surface area contributed by atoms with Gasteiger partial charge in [0.1, 0.15) is 17.9 Å². The van der Waals surface area contributed by atoms with Crippen molar-refractivity contribution in [2.45, 2.75) is 76.3 Å². The van der Waals surface area contributed by atoms with Crippen LogP contribution in [0.5, 0.6) is 0 Å². The molecule has 2 amide bonds. The van der Waals surface area contributed by atoms with Crippen molar-refractivity contribution < 1.29 is 19.1 Å². The maximum absolute atomic E-state index is 14.1. The summed E-state index contributed by atoms with van der Waals surface area (Å²) in [5.41, 5.74) is 13.1. The highest BCUT2D eigenvalue weighted by molar-refractivity contribution is 6.30. The molecule has 3 atom stereocenters. The summed E-state index contributed by atoms with van der Waals surface area (Å²) in [6.07, 6.45) is 5.58. The first-order chi connectivity index (χ1) is 21.1. The summed E-state index contributed by atoms with van der Waals surface area (Å²) < 4.78 is 5.22. The summed E-state index contributed by atoms with van der Waals surface area (Å²) >= 11 is 6.31. The van der Waals surface area contributed by atoms with Crippen LogP contribution >= 0.6 is 24.0 Å². The Morgan fingerprint density at radius 1 is 1.00 bits per heavy atom. The number of carbonyl (C=O) groups excluding carboxylic acids is 3. The van der Waals surface area contributed by atoms with E-state index in [9.17, 15) is 14.4 Å². The Hall–Kier alpha value is -3.83. The Morgan fingerprint density at radius 3 is 2.29 bits per heavy atom. The van der Waals surface area contributed by atoms with Gasteiger partial charge in [-0.25, -0.2) is 4.79 Å². The van der Waals surface area contributed by atoms with Crippen LogP contribution in [0.1, 0.15) is 74.5 Å². The molecule has 1 aliphatic carbocycles. The first-order valence-corrected chi connectivity index (χ1v) is 15.5. The van der Waals surface area contributed by atoms with Crippen LogP contribution in [-0.4, -0.2) is 54.8 Å². The van der Waals surface area contributed by atoms with Gasteiger partial charge in [-0.3, -0.25) is 20.4 Å². The van der Waals surface area contributed by atoms with Gasteiger partial charge in [0.2, 0.25) is 11.8 Å². The van der Waals surface area contributed by atoms with Gasteiger partial charge in [0, 0.05) is 17.1 Å². The fourth-order valence-corrected chi connectivity index (χ4v) is 5.74. The lowest BCUT2D eigenvalue weighted by atomic mass is 9.82. The molecule has 0 aliphatic heterocycles. The third kappa shape index (κ3) is 11.9. The molecule has 0 radical (unpaired) electrons. The zero-order valence-corrected chi connectivity index (χ0v) is 27.1. The van der Waals surface area contributed by atoms with E-state index >= 15 is 0 Å². The zero-order valence-electron chi connectivity index (χ0n) is 25.6. The van der Waals surface area contributed by atoms with Crippen molar-refractivity contribution in [3.63, 3.8) is 0 Å². The lowest BCUT2D eigenvalue weighted by Gasteiger charge is -2.32. The van der Waals surface area contributed by atoms with Crippen LogP contribution in [0.3, 0.4) is 0 Å². The van der Waals surface area contributed by atoms with Crippen molar-refractivity contribution >= 4 is 53.6 Å². The number of amides is 2. The molecule has 13 heteroatoms. The third-order valence-electron chi connectivity index (χ3n) is 7.85. The van der Waals surface area contributed by atoms with Gasteiger partial charge in [0.25, 0.3) is 0 Å². The number of ether oxygens (including phenoxy) is 1. The molecule has 45 heavy (non-hydrogen) atoms. The van der Waals surface area contributed by atoms with Gasteiger partial charge in [-0.15, -0.1) is 12.4 Å². The second kappa shape index (κ2) is 18.9. The van der Waals surface area contributed by atoms with Gasteiger partial charge in [0.05, 0.1) is 12.5 Å². The van der Waals surface area contributed by atoms with Crippen LogP contribution in [0.2, 0.25) is 5.02 Å². The lowest BCUT2D eigenvalue weighted by molar-refractivity contribution is -0.148. The molecule has 9 N–H and O–H groups in total. The number of hydrogen-bond acceptors (Lipinski definition) is 6. The molecule has 246 valence electrons. The molecular weight excluding hydrogens is 617 g/mol.